The van der Waals surface area contributed by atoms with Gasteiger partial charge in [-0.15, -0.1) is 0 Å². The van der Waals surface area contributed by atoms with E-state index in [0.717, 1.165) is 34.6 Å². The number of rotatable bonds is 36. The summed E-state index contributed by atoms with van der Waals surface area (Å²) in [5, 5.41) is 284. The van der Waals surface area contributed by atoms with E-state index >= 15 is 0 Å². The van der Waals surface area contributed by atoms with E-state index in [1.807, 2.05) is 0 Å². The molecule has 10 aliphatic rings. The molecule has 0 aromatic heterocycles. The van der Waals surface area contributed by atoms with Gasteiger partial charge in [-0.25, -0.2) is 8.37 Å². The molecule has 0 saturated carbocycles. The summed E-state index contributed by atoms with van der Waals surface area (Å²) in [4.78, 5) is 64.6. The van der Waals surface area contributed by atoms with Crippen LogP contribution in [0.1, 0.15) is 41.5 Å². The molecule has 10 saturated heterocycles. The molecule has 770 valence electrons. The number of aliphatic hydroxyl groups is 24. The van der Waals surface area contributed by atoms with Crippen molar-refractivity contribution >= 4 is 50.3 Å². The van der Waals surface area contributed by atoms with Gasteiger partial charge in [-0.05, 0) is 6.92 Å². The second-order valence-corrected chi connectivity index (χ2v) is 34.8. The first kappa shape index (κ1) is 110. The molecular weight excluding hydrogens is 1870 g/mol. The van der Waals surface area contributed by atoms with Crippen molar-refractivity contribution in [3.8, 4) is 0 Å². The Bertz CT molecular complexity index is 3990. The highest BCUT2D eigenvalue weighted by molar-refractivity contribution is 7.81. The predicted octanol–water partition coefficient (Wildman–Crippen LogP) is -21.4. The van der Waals surface area contributed by atoms with Gasteiger partial charge in [0.1, 0.15) is 238 Å². The van der Waals surface area contributed by atoms with E-state index in [2.05, 4.69) is 35.0 Å². The van der Waals surface area contributed by atoms with Crippen LogP contribution < -0.4 is 26.6 Å². The van der Waals surface area contributed by atoms with Crippen LogP contribution in [-0.2, 0) is 143 Å². The van der Waals surface area contributed by atoms with Gasteiger partial charge < -0.3 is 239 Å². The molecule has 10 aliphatic heterocycles. The molecule has 5 amide bonds. The lowest BCUT2D eigenvalue weighted by atomic mass is 9.93. The Morgan fingerprint density at radius 3 is 0.925 bits per heavy atom. The van der Waals surface area contributed by atoms with E-state index in [0.29, 0.717) is 0 Å². The van der Waals surface area contributed by atoms with Crippen molar-refractivity contribution in [1.82, 2.24) is 26.6 Å². The van der Waals surface area contributed by atoms with Crippen LogP contribution in [0.4, 0.5) is 0 Å². The standard InChI is InChI=1S/C70H117N5O56S2/c1-16-36(88)46(98)49(101)66(113-16)111-15-30-55(41(93)31(61(104)114-30)71-17(2)83)124-62-32(72-18(3)84)43(95)53(26(11-80)118-62)125-67-50(102)57(127-70-60(48(100)38(90)23(8-77)117-70)129-65-33(73-19(4)85)42(94)52(25(10-79)119-65)123-63-35(75-21(6)87)45(97)56(28(13-82)121-63)130-132(105,106)107)40(92)29(122-67)14-112-69-59(47(99)37(89)22(7-76)116-69)128-64-34(74-20(5)86)44(96)54(27(12-81)120-64)126-68-51(103)58(131-133(108,109)110)39(91)24(9-78)115-68/h16,22-70,76-82,88-104H,7-15H2,1-6H3,(H,71,83)(H,72,84)(H,73,85)(H,74,86)(H,75,87)(H,105,106,107)(H,108,109,110)/t16-,22+,23+,24+,25+,26+,27+,28+,29+,30+,31+,32+,33+,34+,35+,36+,37+,38+,39-,40+,41+,42+,43+,44+,45+,46+,47-,48-,49-,50-,51+,52+,53+,54+,55+,56-,57-,58-,59-,60-,61+,62-,63-,64-,65-,66+,67-,68-,69-,70+/m0/s1. The summed E-state index contributed by atoms with van der Waals surface area (Å²) in [7, 11) is -11.0. The molecule has 10 fully saturated rings. The van der Waals surface area contributed by atoms with E-state index in [1.54, 1.807) is 0 Å². The van der Waals surface area contributed by atoms with Gasteiger partial charge in [0.05, 0.1) is 65.6 Å². The predicted molar refractivity (Wildman–Crippen MR) is 407 cm³/mol. The van der Waals surface area contributed by atoms with Crippen LogP contribution in [0.15, 0.2) is 0 Å². The molecule has 0 unspecified atom stereocenters. The van der Waals surface area contributed by atoms with E-state index in [-0.39, 0.29) is 0 Å². The summed E-state index contributed by atoms with van der Waals surface area (Å²) in [6.07, 6.45) is -98.7. The first-order valence-corrected chi connectivity index (χ1v) is 44.0. The largest absolute Gasteiger partial charge is 0.397 e. The average molecular weight is 1990 g/mol. The maximum absolute atomic E-state index is 13.3. The van der Waals surface area contributed by atoms with Crippen LogP contribution in [0.2, 0.25) is 0 Å². The van der Waals surface area contributed by atoms with Gasteiger partial charge in [0.2, 0.25) is 29.5 Å². The maximum Gasteiger partial charge on any atom is 0.397 e. The molecule has 0 aromatic carbocycles. The SMILES string of the molecule is CC(=O)N[C@@H]1[C@@H](O)[C@H](O[C@@H]2O[C@H](CO)[C@@H](O[C@@H]3O[C@H](CO[C@H]4O[C@H](CO)[C@@H](O)[C@H](O)[C@@H]4O[C@@H]4O[C@H](CO)[C@@H](O[C@@H]5O[C@H](CO)[C@H](O)[C@H](OS(=O)(=O)O)[C@H]5O)[C@H](O)[C@H]4NC(C)=O)[C@@H](O)[C@H](O[C@H]4O[C@H](CO)[C@@H](O)[C@H](O)[C@@H]4O[C@@H]4O[C@H](CO)[C@@H](O[C@@H]5O[C@H](CO)[C@H](OS(=O)(=O)O)[C@H](O)[C@H]5NC(C)=O)[C@H](O)[C@H]4NC(C)=O)[C@@H]3O)[C@H](O)[C@H]2NC(C)=O)[C@@H](CO[C@@H]2O[C@@H](C)[C@@H](O)[C@@H](O)[C@@H]2O)O[C@H]1O. The molecule has 0 radical (unpaired) electrons. The van der Waals surface area contributed by atoms with Gasteiger partial charge in [-0.2, -0.15) is 16.8 Å². The Balaban J connectivity index is 0.995. The van der Waals surface area contributed by atoms with Crippen LogP contribution in [0.3, 0.4) is 0 Å². The number of nitrogens with one attached hydrogen (secondary N) is 5. The lowest BCUT2D eigenvalue weighted by Crippen LogP contribution is -2.71. The third kappa shape index (κ3) is 26.0. The summed E-state index contributed by atoms with van der Waals surface area (Å²) < 4.78 is 189. The van der Waals surface area contributed by atoms with Crippen LogP contribution in [0.25, 0.3) is 0 Å². The van der Waals surface area contributed by atoms with Gasteiger partial charge in [-0.1, -0.05) is 0 Å². The molecule has 50 atom stereocenters. The summed E-state index contributed by atoms with van der Waals surface area (Å²) >= 11 is 0. The van der Waals surface area contributed by atoms with Gasteiger partial charge in [0.25, 0.3) is 0 Å². The highest BCUT2D eigenvalue weighted by Gasteiger charge is 2.63. The van der Waals surface area contributed by atoms with Crippen molar-refractivity contribution in [1.29, 1.82) is 0 Å². The van der Waals surface area contributed by atoms with Crippen LogP contribution >= 0.6 is 0 Å². The number of ether oxygens (including phenoxy) is 19. The Hall–Kier alpha value is -4.63. The van der Waals surface area contributed by atoms with Gasteiger partial charge >= 0.3 is 20.8 Å². The van der Waals surface area contributed by atoms with E-state index in [9.17, 15) is 172 Å². The van der Waals surface area contributed by atoms with Crippen molar-refractivity contribution < 1.29 is 271 Å². The topological polar surface area (TPSA) is 934 Å². The molecule has 63 heteroatoms. The summed E-state index contributed by atoms with van der Waals surface area (Å²) in [5.41, 5.74) is 0. The minimum atomic E-state index is -5.52. The third-order valence-corrected chi connectivity index (χ3v) is 24.2. The normalized spacial score (nSPS) is 46.8. The molecule has 0 bridgehead atoms. The zero-order valence-electron chi connectivity index (χ0n) is 70.9. The molecule has 31 N–H and O–H groups in total. The smallest absolute Gasteiger partial charge is 0.394 e. The second-order valence-electron chi connectivity index (χ2n) is 32.7. The van der Waals surface area contributed by atoms with Crippen LogP contribution in [-0.4, -0.2) is 544 Å². The lowest BCUT2D eigenvalue weighted by Gasteiger charge is -2.51. The average Bonchev–Trinajstić information content (AvgIpc) is 0.763. The molecule has 0 aromatic rings. The number of hydrogen-bond acceptors (Lipinski definition) is 54. The molecule has 0 aliphatic carbocycles. The number of amides is 5. The van der Waals surface area contributed by atoms with Crippen LogP contribution in [0, 0.1) is 0 Å². The maximum atomic E-state index is 13.3. The van der Waals surface area contributed by atoms with Crippen molar-refractivity contribution in [2.45, 2.75) is 348 Å². The Morgan fingerprint density at radius 1 is 0.248 bits per heavy atom. The quantitative estimate of drug-likeness (QED) is 0.0259. The van der Waals surface area contributed by atoms with Crippen LogP contribution in [0.5, 0.6) is 0 Å². The molecule has 10 heterocycles. The molecule has 133 heavy (non-hydrogen) atoms. The lowest BCUT2D eigenvalue weighted by molar-refractivity contribution is -0.398. The summed E-state index contributed by atoms with van der Waals surface area (Å²) in [6, 6.07) is -10.0. The third-order valence-electron chi connectivity index (χ3n) is 23.2. The van der Waals surface area contributed by atoms with Gasteiger partial charge in [-0.3, -0.25) is 33.1 Å². The van der Waals surface area contributed by atoms with Gasteiger partial charge in [0.15, 0.2) is 62.9 Å². The monoisotopic (exact) mass is 1990 g/mol. The first-order chi connectivity index (χ1) is 62.4. The summed E-state index contributed by atoms with van der Waals surface area (Å²) in [6.45, 7) is -5.14. The van der Waals surface area contributed by atoms with Gasteiger partial charge in [0, 0.05) is 34.6 Å². The fraction of sp³-hybridized carbons (Fsp3) is 0.929. The highest BCUT2D eigenvalue weighted by atomic mass is 32.3. The number of carbonyl (C=O) groups excluding carboxylic acids is 5. The fourth-order valence-electron chi connectivity index (χ4n) is 16.7. The molecule has 0 spiro atoms. The fourth-order valence-corrected chi connectivity index (χ4v) is 17.7. The minimum absolute atomic E-state index is 0.865. The van der Waals surface area contributed by atoms with Crippen molar-refractivity contribution in [3.05, 3.63) is 0 Å². The number of hydrogen-bond donors (Lipinski definition) is 31. The number of carbonyl (C=O) groups is 5. The summed E-state index contributed by atoms with van der Waals surface area (Å²) in [5.74, 6) is -4.98. The van der Waals surface area contributed by atoms with E-state index in [1.165, 1.54) is 6.92 Å². The zero-order valence-corrected chi connectivity index (χ0v) is 72.6. The Kier molecular flexibility index (Phi) is 39.2. The second kappa shape index (κ2) is 47.3. The first-order valence-electron chi connectivity index (χ1n) is 41.3. The van der Waals surface area contributed by atoms with Crippen molar-refractivity contribution in [2.75, 3.05) is 59.5 Å². The molecular formula is C70H117N5O56S2. The number of aliphatic hydroxyl groups excluding tert-OH is 24. The molecule has 61 nitrogen and oxygen atoms in total. The van der Waals surface area contributed by atoms with Crippen molar-refractivity contribution in [2.24, 2.45) is 0 Å². The Morgan fingerprint density at radius 2 is 0.526 bits per heavy atom. The zero-order chi connectivity index (χ0) is 98.5. The van der Waals surface area contributed by atoms with E-state index < -0.39 is 417 Å². The van der Waals surface area contributed by atoms with E-state index in [4.69, 9.17) is 90.0 Å². The highest BCUT2D eigenvalue weighted by Crippen LogP contribution is 2.41. The minimum Gasteiger partial charge on any atom is -0.394 e. The Labute approximate surface area is 753 Å². The van der Waals surface area contributed by atoms with Crippen molar-refractivity contribution in [3.63, 3.8) is 0 Å². The molecule has 10 rings (SSSR count).